The van der Waals surface area contributed by atoms with Crippen molar-refractivity contribution in [2.75, 3.05) is 19.0 Å². The third-order valence-electron chi connectivity index (χ3n) is 7.39. The van der Waals surface area contributed by atoms with E-state index >= 15 is 0 Å². The van der Waals surface area contributed by atoms with Crippen LogP contribution in [0.4, 0.5) is 0 Å². The number of aryl methyl sites for hydroxylation is 1. The van der Waals surface area contributed by atoms with Crippen LogP contribution in [-0.2, 0) is 13.0 Å². The number of benzene rings is 1. The summed E-state index contributed by atoms with van der Waals surface area (Å²) in [6, 6.07) is 7.90. The third kappa shape index (κ3) is 3.12. The average Bonchev–Trinajstić information content (AvgIpc) is 3.05. The minimum Gasteiger partial charge on any atom is -0.386 e. The summed E-state index contributed by atoms with van der Waals surface area (Å²) >= 11 is 5.89. The molecule has 0 radical (unpaired) electrons. The van der Waals surface area contributed by atoms with Gasteiger partial charge in [0.1, 0.15) is 18.7 Å². The number of rotatable bonds is 4. The number of nitrogens with zero attached hydrogens (tertiary/aromatic N) is 1. The third-order valence-corrected chi connectivity index (χ3v) is 7.74. The van der Waals surface area contributed by atoms with E-state index in [2.05, 4.69) is 22.8 Å². The molecule has 1 aromatic heterocycles. The second-order valence-corrected chi connectivity index (χ2v) is 9.30. The minimum absolute atomic E-state index is 0.344. The van der Waals surface area contributed by atoms with E-state index in [1.54, 1.807) is 16.8 Å². The van der Waals surface area contributed by atoms with Crippen molar-refractivity contribution in [1.29, 1.82) is 0 Å². The second kappa shape index (κ2) is 7.42. The van der Waals surface area contributed by atoms with Crippen LogP contribution < -0.4 is 4.90 Å². The molecule has 0 saturated heterocycles. The Balaban J connectivity index is 1.54. The molecule has 0 bridgehead atoms. The van der Waals surface area contributed by atoms with Gasteiger partial charge in [0.15, 0.2) is 0 Å². The van der Waals surface area contributed by atoms with E-state index in [4.69, 9.17) is 11.6 Å². The molecule has 2 heterocycles. The maximum atomic E-state index is 10.1. The fourth-order valence-electron chi connectivity index (χ4n) is 6.10. The predicted molar refractivity (Wildman–Crippen MR) is 111 cm³/mol. The highest BCUT2D eigenvalue weighted by Crippen LogP contribution is 2.40. The van der Waals surface area contributed by atoms with Gasteiger partial charge in [0, 0.05) is 17.3 Å². The summed E-state index contributed by atoms with van der Waals surface area (Å²) in [4.78, 5) is 1.53. The number of hydrogen-bond donors (Lipinski definition) is 2. The summed E-state index contributed by atoms with van der Waals surface area (Å²) in [5, 5.41) is 11.6. The summed E-state index contributed by atoms with van der Waals surface area (Å²) in [6.07, 6.45) is 10.3. The summed E-state index contributed by atoms with van der Waals surface area (Å²) < 4.78 is 2.61. The lowest BCUT2D eigenvalue weighted by Crippen LogP contribution is -3.14. The molecule has 3 atom stereocenters. The first kappa shape index (κ1) is 18.0. The monoisotopic (exact) mass is 387 g/mol. The van der Waals surface area contributed by atoms with Crippen molar-refractivity contribution in [3.63, 3.8) is 0 Å². The standard InChI is InChI=1S/C23H31ClN2O/c24-14-18(27)15-25-11-12-26-21-10-9-17(16-5-2-1-3-6-16)13-20(21)19-7-4-8-22(25)23(19)26/h9-10,13,16,18,22,27H,1-8,11-12,14-15H2/p+1/t18-,22-/m1/s1. The molecule has 2 aliphatic carbocycles. The molecule has 0 amide bonds. The van der Waals surface area contributed by atoms with Gasteiger partial charge in [-0.15, -0.1) is 11.6 Å². The average molecular weight is 388 g/mol. The fourth-order valence-corrected chi connectivity index (χ4v) is 6.21. The van der Waals surface area contributed by atoms with Crippen LogP contribution in [0, 0.1) is 0 Å². The number of alkyl halides is 1. The van der Waals surface area contributed by atoms with Gasteiger partial charge in [-0.05, 0) is 54.9 Å². The van der Waals surface area contributed by atoms with E-state index in [0.717, 1.165) is 25.6 Å². The van der Waals surface area contributed by atoms with Crippen molar-refractivity contribution in [3.8, 4) is 0 Å². The number of nitrogens with one attached hydrogen (secondary N) is 1. The van der Waals surface area contributed by atoms with E-state index in [9.17, 15) is 5.11 Å². The molecule has 1 aromatic carbocycles. The topological polar surface area (TPSA) is 29.6 Å². The summed E-state index contributed by atoms with van der Waals surface area (Å²) in [5.74, 6) is 1.12. The summed E-state index contributed by atoms with van der Waals surface area (Å²) in [7, 11) is 0. The van der Waals surface area contributed by atoms with Gasteiger partial charge >= 0.3 is 0 Å². The normalized spacial score (nSPS) is 26.9. The van der Waals surface area contributed by atoms with E-state index in [1.165, 1.54) is 67.2 Å². The molecule has 146 valence electrons. The summed E-state index contributed by atoms with van der Waals surface area (Å²) in [5.41, 5.74) is 6.20. The molecule has 1 unspecified atom stereocenters. The van der Waals surface area contributed by atoms with Crippen LogP contribution in [0.3, 0.4) is 0 Å². The largest absolute Gasteiger partial charge is 0.386 e. The molecule has 1 saturated carbocycles. The van der Waals surface area contributed by atoms with Gasteiger partial charge < -0.3 is 14.6 Å². The SMILES string of the molecule is O[C@H](CCl)C[NH+]1CCn2c3c(c4cc(C5CCCCC5)ccc42)CCC[C@H]31. The lowest BCUT2D eigenvalue weighted by molar-refractivity contribution is -0.939. The minimum atomic E-state index is -0.388. The van der Waals surface area contributed by atoms with Crippen molar-refractivity contribution in [2.24, 2.45) is 0 Å². The first-order valence-electron chi connectivity index (χ1n) is 11.0. The Bertz CT molecular complexity index is 823. The molecule has 1 aliphatic heterocycles. The number of hydrogen-bond acceptors (Lipinski definition) is 1. The lowest BCUT2D eigenvalue weighted by atomic mass is 9.83. The Morgan fingerprint density at radius 3 is 2.81 bits per heavy atom. The van der Waals surface area contributed by atoms with E-state index in [0.29, 0.717) is 11.9 Å². The molecule has 3 aliphatic rings. The highest BCUT2D eigenvalue weighted by Gasteiger charge is 2.38. The maximum absolute atomic E-state index is 10.1. The highest BCUT2D eigenvalue weighted by molar-refractivity contribution is 6.18. The number of quaternary nitrogens is 1. The van der Waals surface area contributed by atoms with Crippen LogP contribution in [0.1, 0.15) is 73.7 Å². The Morgan fingerprint density at radius 2 is 2.00 bits per heavy atom. The van der Waals surface area contributed by atoms with E-state index in [1.807, 2.05) is 0 Å². The van der Waals surface area contributed by atoms with Crippen molar-refractivity contribution < 1.29 is 10.0 Å². The molecular formula is C23H32ClN2O+. The molecule has 3 nitrogen and oxygen atoms in total. The van der Waals surface area contributed by atoms with Crippen LogP contribution in [0.15, 0.2) is 18.2 Å². The smallest absolute Gasteiger partial charge is 0.129 e. The van der Waals surface area contributed by atoms with E-state index in [-0.39, 0.29) is 6.10 Å². The van der Waals surface area contributed by atoms with Gasteiger partial charge in [-0.1, -0.05) is 25.3 Å². The molecular weight excluding hydrogens is 356 g/mol. The zero-order valence-electron chi connectivity index (χ0n) is 16.2. The second-order valence-electron chi connectivity index (χ2n) is 8.99. The highest BCUT2D eigenvalue weighted by atomic mass is 35.5. The Hall–Kier alpha value is -1.03. The fraction of sp³-hybridized carbons (Fsp3) is 0.652. The maximum Gasteiger partial charge on any atom is 0.129 e. The number of aliphatic hydroxyl groups excluding tert-OH is 1. The predicted octanol–water partition coefficient (Wildman–Crippen LogP) is 3.56. The number of aromatic nitrogens is 1. The number of fused-ring (bicyclic) bond motifs is 3. The number of halogens is 1. The molecule has 27 heavy (non-hydrogen) atoms. The zero-order valence-corrected chi connectivity index (χ0v) is 17.0. The van der Waals surface area contributed by atoms with Gasteiger partial charge in [-0.2, -0.15) is 0 Å². The van der Waals surface area contributed by atoms with Crippen LogP contribution in [0.5, 0.6) is 0 Å². The molecule has 5 rings (SSSR count). The van der Waals surface area contributed by atoms with Gasteiger partial charge in [0.05, 0.1) is 24.7 Å². The van der Waals surface area contributed by atoms with Gasteiger partial charge in [0.2, 0.25) is 0 Å². The van der Waals surface area contributed by atoms with Crippen molar-refractivity contribution in [2.45, 2.75) is 76.0 Å². The van der Waals surface area contributed by atoms with Crippen LogP contribution >= 0.6 is 11.6 Å². The molecule has 0 spiro atoms. The van der Waals surface area contributed by atoms with Crippen molar-refractivity contribution in [3.05, 3.63) is 35.0 Å². The Labute approximate surface area is 167 Å². The van der Waals surface area contributed by atoms with Crippen molar-refractivity contribution in [1.82, 2.24) is 4.57 Å². The summed E-state index contributed by atoms with van der Waals surface area (Å²) in [6.45, 7) is 2.94. The Morgan fingerprint density at radius 1 is 1.15 bits per heavy atom. The number of aliphatic hydroxyl groups is 1. The molecule has 2 N–H and O–H groups in total. The first-order chi connectivity index (χ1) is 13.3. The van der Waals surface area contributed by atoms with Crippen molar-refractivity contribution >= 4 is 22.5 Å². The van der Waals surface area contributed by atoms with Crippen LogP contribution in [0.25, 0.3) is 10.9 Å². The molecule has 2 aromatic rings. The van der Waals surface area contributed by atoms with Crippen LogP contribution in [-0.4, -0.2) is 34.7 Å². The first-order valence-corrected chi connectivity index (χ1v) is 11.5. The van der Waals surface area contributed by atoms with Gasteiger partial charge in [0.25, 0.3) is 0 Å². The lowest BCUT2D eigenvalue weighted by Gasteiger charge is -2.37. The quantitative estimate of drug-likeness (QED) is 0.772. The van der Waals surface area contributed by atoms with E-state index < -0.39 is 0 Å². The molecule has 4 heteroatoms. The van der Waals surface area contributed by atoms with Crippen LogP contribution in [0.2, 0.25) is 0 Å². The van der Waals surface area contributed by atoms with Gasteiger partial charge in [-0.3, -0.25) is 0 Å². The van der Waals surface area contributed by atoms with Gasteiger partial charge in [-0.25, -0.2) is 0 Å². The zero-order chi connectivity index (χ0) is 18.4. The molecule has 1 fully saturated rings. The Kier molecular flexibility index (Phi) is 4.95.